The number of oxazole rings is 1. The fourth-order valence-corrected chi connectivity index (χ4v) is 1.98. The largest absolute Gasteiger partial charge is 0.449 e. The highest BCUT2D eigenvalue weighted by molar-refractivity contribution is 5.02. The van der Waals surface area contributed by atoms with Gasteiger partial charge in [0.15, 0.2) is 5.89 Å². The van der Waals surface area contributed by atoms with E-state index >= 15 is 0 Å². The van der Waals surface area contributed by atoms with Crippen LogP contribution in [0.3, 0.4) is 0 Å². The summed E-state index contributed by atoms with van der Waals surface area (Å²) in [5, 5.41) is 3.15. The summed E-state index contributed by atoms with van der Waals surface area (Å²) in [5.41, 5.74) is 0.981. The smallest absolute Gasteiger partial charge is 0.194 e. The molecule has 4 heteroatoms. The number of ether oxygens (including phenoxy) is 1. The molecule has 0 amide bonds. The predicted octanol–water partition coefficient (Wildman–Crippen LogP) is 1.92. The molecule has 2 rings (SSSR count). The van der Waals surface area contributed by atoms with E-state index in [1.54, 1.807) is 6.26 Å². The maximum Gasteiger partial charge on any atom is 0.194 e. The van der Waals surface area contributed by atoms with Gasteiger partial charge in [-0.15, -0.1) is 0 Å². The molecular weight excluding hydrogens is 204 g/mol. The molecule has 2 atom stereocenters. The first-order chi connectivity index (χ1) is 7.79. The van der Waals surface area contributed by atoms with Gasteiger partial charge in [-0.25, -0.2) is 4.98 Å². The lowest BCUT2D eigenvalue weighted by Crippen LogP contribution is -2.19. The second-order valence-corrected chi connectivity index (χ2v) is 4.46. The highest BCUT2D eigenvalue weighted by Crippen LogP contribution is 2.19. The van der Waals surface area contributed by atoms with Gasteiger partial charge in [0.1, 0.15) is 6.26 Å². The number of rotatable bonds is 4. The maximum absolute atomic E-state index is 5.48. The van der Waals surface area contributed by atoms with E-state index in [0.29, 0.717) is 5.92 Å². The van der Waals surface area contributed by atoms with E-state index in [-0.39, 0.29) is 6.04 Å². The van der Waals surface area contributed by atoms with Crippen molar-refractivity contribution in [1.82, 2.24) is 10.3 Å². The lowest BCUT2D eigenvalue weighted by Gasteiger charge is -2.20. The minimum atomic E-state index is 0.250. The van der Waals surface area contributed by atoms with Crippen molar-refractivity contribution in [3.8, 4) is 0 Å². The molecule has 16 heavy (non-hydrogen) atoms. The van der Waals surface area contributed by atoms with Gasteiger partial charge in [0.05, 0.1) is 5.69 Å². The van der Waals surface area contributed by atoms with Crippen molar-refractivity contribution in [2.45, 2.75) is 32.2 Å². The molecule has 1 N–H and O–H groups in total. The normalized spacial score (nSPS) is 23.2. The number of nitrogens with one attached hydrogen (secondary N) is 1. The van der Waals surface area contributed by atoms with Crippen LogP contribution in [0.1, 0.15) is 37.4 Å². The zero-order valence-electron chi connectivity index (χ0n) is 10.0. The molecule has 1 fully saturated rings. The predicted molar refractivity (Wildman–Crippen MR) is 61.2 cm³/mol. The summed E-state index contributed by atoms with van der Waals surface area (Å²) in [6.07, 6.45) is 5.03. The van der Waals surface area contributed by atoms with Gasteiger partial charge in [-0.3, -0.25) is 0 Å². The molecule has 4 nitrogen and oxygen atoms in total. The van der Waals surface area contributed by atoms with Gasteiger partial charge in [-0.05, 0) is 32.7 Å². The quantitative estimate of drug-likeness (QED) is 0.849. The summed E-state index contributed by atoms with van der Waals surface area (Å²) < 4.78 is 10.9. The van der Waals surface area contributed by atoms with Crippen LogP contribution < -0.4 is 5.32 Å². The highest BCUT2D eigenvalue weighted by Gasteiger charge is 2.18. The number of nitrogens with zero attached hydrogens (tertiary/aromatic N) is 1. The average molecular weight is 224 g/mol. The molecule has 1 aromatic heterocycles. The Kier molecular flexibility index (Phi) is 3.96. The summed E-state index contributed by atoms with van der Waals surface area (Å²) in [4.78, 5) is 4.49. The van der Waals surface area contributed by atoms with Gasteiger partial charge in [0.25, 0.3) is 0 Å². The zero-order chi connectivity index (χ0) is 11.4. The third kappa shape index (κ3) is 2.83. The second-order valence-electron chi connectivity index (χ2n) is 4.46. The Hall–Kier alpha value is -0.870. The molecule has 1 saturated heterocycles. The number of hydrogen-bond donors (Lipinski definition) is 1. The topological polar surface area (TPSA) is 47.3 Å². The monoisotopic (exact) mass is 224 g/mol. The van der Waals surface area contributed by atoms with Crippen LogP contribution >= 0.6 is 0 Å². The minimum Gasteiger partial charge on any atom is -0.449 e. The van der Waals surface area contributed by atoms with E-state index < -0.39 is 0 Å². The van der Waals surface area contributed by atoms with Crippen molar-refractivity contribution in [1.29, 1.82) is 0 Å². The maximum atomic E-state index is 5.48. The number of hydrogen-bond acceptors (Lipinski definition) is 4. The molecule has 0 spiro atoms. The van der Waals surface area contributed by atoms with Crippen LogP contribution in [0.15, 0.2) is 10.7 Å². The van der Waals surface area contributed by atoms with Gasteiger partial charge in [0, 0.05) is 25.7 Å². The van der Waals surface area contributed by atoms with Gasteiger partial charge in [-0.1, -0.05) is 0 Å². The standard InChI is InChI=1S/C12H20N2O2/c1-9(13-2)11-8-16-12(14-11)6-10-4-3-5-15-7-10/h8-10,13H,3-7H2,1-2H3. The van der Waals surface area contributed by atoms with Crippen LogP contribution in [-0.2, 0) is 11.2 Å². The lowest BCUT2D eigenvalue weighted by molar-refractivity contribution is 0.0526. The van der Waals surface area contributed by atoms with Crippen molar-refractivity contribution in [3.63, 3.8) is 0 Å². The number of aromatic nitrogens is 1. The summed E-state index contributed by atoms with van der Waals surface area (Å²) in [5.74, 6) is 1.41. The van der Waals surface area contributed by atoms with Gasteiger partial charge >= 0.3 is 0 Å². The van der Waals surface area contributed by atoms with E-state index in [1.165, 1.54) is 6.42 Å². The first kappa shape index (κ1) is 11.6. The third-order valence-electron chi connectivity index (χ3n) is 3.16. The fraction of sp³-hybridized carbons (Fsp3) is 0.750. The summed E-state index contributed by atoms with van der Waals surface area (Å²) in [7, 11) is 1.92. The Bertz CT molecular complexity index is 319. The van der Waals surface area contributed by atoms with Crippen molar-refractivity contribution >= 4 is 0 Å². The molecule has 0 saturated carbocycles. The average Bonchev–Trinajstić information content (AvgIpc) is 2.78. The highest BCUT2D eigenvalue weighted by atomic mass is 16.5. The first-order valence-electron chi connectivity index (χ1n) is 5.99. The molecule has 0 aromatic carbocycles. The third-order valence-corrected chi connectivity index (χ3v) is 3.16. The van der Waals surface area contributed by atoms with Crippen molar-refractivity contribution in [3.05, 3.63) is 17.8 Å². The molecule has 1 aliphatic rings. The van der Waals surface area contributed by atoms with Crippen LogP contribution in [0.5, 0.6) is 0 Å². The Labute approximate surface area is 96.4 Å². The molecule has 0 radical (unpaired) electrons. The second kappa shape index (κ2) is 5.46. The molecule has 1 aliphatic heterocycles. The summed E-state index contributed by atoms with van der Waals surface area (Å²) in [6, 6.07) is 0.250. The molecule has 1 aromatic rings. The van der Waals surface area contributed by atoms with Gasteiger partial charge in [-0.2, -0.15) is 0 Å². The van der Waals surface area contributed by atoms with Crippen molar-refractivity contribution in [2.24, 2.45) is 5.92 Å². The van der Waals surface area contributed by atoms with Crippen molar-refractivity contribution in [2.75, 3.05) is 20.3 Å². The van der Waals surface area contributed by atoms with Gasteiger partial charge < -0.3 is 14.5 Å². The molecular formula is C12H20N2O2. The van der Waals surface area contributed by atoms with E-state index in [4.69, 9.17) is 9.15 Å². The van der Waals surface area contributed by atoms with Crippen molar-refractivity contribution < 1.29 is 9.15 Å². The molecule has 2 heterocycles. The van der Waals surface area contributed by atoms with Crippen LogP contribution in [0, 0.1) is 5.92 Å². The minimum absolute atomic E-state index is 0.250. The van der Waals surface area contributed by atoms with E-state index in [2.05, 4.69) is 17.2 Å². The fourth-order valence-electron chi connectivity index (χ4n) is 1.98. The summed E-state index contributed by atoms with van der Waals surface area (Å²) >= 11 is 0. The Morgan fingerprint density at radius 1 is 1.62 bits per heavy atom. The van der Waals surface area contributed by atoms with E-state index in [9.17, 15) is 0 Å². The van der Waals surface area contributed by atoms with Crippen LogP contribution in [0.25, 0.3) is 0 Å². The Morgan fingerprint density at radius 3 is 3.19 bits per heavy atom. The summed E-state index contributed by atoms with van der Waals surface area (Å²) in [6.45, 7) is 3.83. The van der Waals surface area contributed by atoms with Crippen LogP contribution in [-0.4, -0.2) is 25.2 Å². The van der Waals surface area contributed by atoms with Crippen LogP contribution in [0.2, 0.25) is 0 Å². The lowest BCUT2D eigenvalue weighted by atomic mass is 9.99. The zero-order valence-corrected chi connectivity index (χ0v) is 10.0. The van der Waals surface area contributed by atoms with Gasteiger partial charge in [0.2, 0.25) is 0 Å². The van der Waals surface area contributed by atoms with E-state index in [1.807, 2.05) is 7.05 Å². The van der Waals surface area contributed by atoms with Crippen LogP contribution in [0.4, 0.5) is 0 Å². The molecule has 90 valence electrons. The van der Waals surface area contributed by atoms with E-state index in [0.717, 1.165) is 37.6 Å². The Morgan fingerprint density at radius 2 is 2.50 bits per heavy atom. The molecule has 2 unspecified atom stereocenters. The SMILES string of the molecule is CNC(C)c1coc(CC2CCCOC2)n1. The molecule has 0 bridgehead atoms. The Balaban J connectivity index is 1.91. The first-order valence-corrected chi connectivity index (χ1v) is 5.99. The molecule has 0 aliphatic carbocycles.